The molecule has 0 aliphatic carbocycles. The summed E-state index contributed by atoms with van der Waals surface area (Å²) in [6.07, 6.45) is 5.39. The van der Waals surface area contributed by atoms with Crippen LogP contribution < -0.4 is 19.8 Å². The number of imidazole rings is 1. The number of fused-ring (bicyclic) bond motifs is 1. The summed E-state index contributed by atoms with van der Waals surface area (Å²) in [4.78, 5) is 20.0. The minimum Gasteiger partial charge on any atom is -0.497 e. The Morgan fingerprint density at radius 2 is 2.03 bits per heavy atom. The number of aromatic amines is 1. The van der Waals surface area contributed by atoms with Gasteiger partial charge < -0.3 is 14.8 Å². The summed E-state index contributed by atoms with van der Waals surface area (Å²) >= 11 is 0. The van der Waals surface area contributed by atoms with Crippen LogP contribution in [0.5, 0.6) is 11.5 Å². The zero-order valence-electron chi connectivity index (χ0n) is 16.2. The maximum absolute atomic E-state index is 12.5. The number of benzene rings is 2. The minimum absolute atomic E-state index is 0.149. The second-order valence-electron chi connectivity index (χ2n) is 6.45. The summed E-state index contributed by atoms with van der Waals surface area (Å²) in [6.45, 7) is 0.448. The SMILES string of the molecule is COc1ccc(OC)c(-n2cnc3cc(C(=O)NCc4ccc[nH+]c4)ccc32)c1. The van der Waals surface area contributed by atoms with Crippen molar-refractivity contribution < 1.29 is 19.3 Å². The highest BCUT2D eigenvalue weighted by atomic mass is 16.5. The van der Waals surface area contributed by atoms with Gasteiger partial charge in [0.25, 0.3) is 5.91 Å². The highest BCUT2D eigenvalue weighted by Crippen LogP contribution is 2.30. The van der Waals surface area contributed by atoms with Gasteiger partial charge in [0.05, 0.1) is 30.9 Å². The van der Waals surface area contributed by atoms with E-state index in [9.17, 15) is 4.79 Å². The molecule has 1 amide bonds. The number of rotatable bonds is 6. The number of aromatic nitrogens is 3. The fourth-order valence-corrected chi connectivity index (χ4v) is 3.16. The summed E-state index contributed by atoms with van der Waals surface area (Å²) in [5.41, 5.74) is 3.95. The topological polar surface area (TPSA) is 79.5 Å². The Morgan fingerprint density at radius 1 is 1.14 bits per heavy atom. The third kappa shape index (κ3) is 3.75. The monoisotopic (exact) mass is 389 g/mol. The van der Waals surface area contributed by atoms with E-state index in [0.717, 1.165) is 28.0 Å². The average Bonchev–Trinajstić information content (AvgIpc) is 3.20. The molecule has 146 valence electrons. The van der Waals surface area contributed by atoms with Crippen molar-refractivity contribution in [3.8, 4) is 17.2 Å². The molecular weight excluding hydrogens is 368 g/mol. The molecule has 4 aromatic rings. The molecule has 4 rings (SSSR count). The molecule has 0 unspecified atom stereocenters. The van der Waals surface area contributed by atoms with Gasteiger partial charge in [-0.1, -0.05) is 0 Å². The van der Waals surface area contributed by atoms with Crippen molar-refractivity contribution in [1.29, 1.82) is 0 Å². The Hall–Kier alpha value is -3.87. The van der Waals surface area contributed by atoms with E-state index in [1.54, 1.807) is 32.7 Å². The molecule has 0 radical (unpaired) electrons. The number of ether oxygens (including phenoxy) is 2. The Kier molecular flexibility index (Phi) is 5.11. The molecule has 2 heterocycles. The number of carbonyl (C=O) groups is 1. The second-order valence-corrected chi connectivity index (χ2v) is 6.45. The van der Waals surface area contributed by atoms with Gasteiger partial charge in [0.2, 0.25) is 0 Å². The van der Waals surface area contributed by atoms with Crippen LogP contribution in [0.3, 0.4) is 0 Å². The van der Waals surface area contributed by atoms with Crippen molar-refractivity contribution in [3.05, 3.63) is 78.4 Å². The largest absolute Gasteiger partial charge is 0.497 e. The highest BCUT2D eigenvalue weighted by Gasteiger charge is 2.13. The number of H-pyrrole nitrogens is 1. The molecule has 0 atom stereocenters. The molecule has 29 heavy (non-hydrogen) atoms. The first-order valence-corrected chi connectivity index (χ1v) is 9.12. The fraction of sp³-hybridized carbons (Fsp3) is 0.136. The van der Waals surface area contributed by atoms with Crippen molar-refractivity contribution in [2.45, 2.75) is 6.54 Å². The zero-order chi connectivity index (χ0) is 20.2. The number of amides is 1. The van der Waals surface area contributed by atoms with Gasteiger partial charge in [-0.25, -0.2) is 9.97 Å². The van der Waals surface area contributed by atoms with E-state index in [-0.39, 0.29) is 5.91 Å². The van der Waals surface area contributed by atoms with Gasteiger partial charge in [0.1, 0.15) is 17.8 Å². The van der Waals surface area contributed by atoms with E-state index in [0.29, 0.717) is 17.9 Å². The Balaban J connectivity index is 1.62. The zero-order valence-corrected chi connectivity index (χ0v) is 16.2. The molecule has 2 aromatic heterocycles. The highest BCUT2D eigenvalue weighted by molar-refractivity contribution is 5.97. The van der Waals surface area contributed by atoms with E-state index in [2.05, 4.69) is 15.3 Å². The fourth-order valence-electron chi connectivity index (χ4n) is 3.16. The minimum atomic E-state index is -0.149. The van der Waals surface area contributed by atoms with Gasteiger partial charge in [-0.15, -0.1) is 0 Å². The van der Waals surface area contributed by atoms with E-state index in [1.807, 2.05) is 53.4 Å². The maximum Gasteiger partial charge on any atom is 0.251 e. The lowest BCUT2D eigenvalue weighted by Crippen LogP contribution is -2.23. The lowest BCUT2D eigenvalue weighted by Gasteiger charge is -2.12. The van der Waals surface area contributed by atoms with Crippen LogP contribution in [0.1, 0.15) is 15.9 Å². The van der Waals surface area contributed by atoms with Crippen LogP contribution in [0.4, 0.5) is 0 Å². The van der Waals surface area contributed by atoms with E-state index in [4.69, 9.17) is 9.47 Å². The molecule has 7 nitrogen and oxygen atoms in total. The van der Waals surface area contributed by atoms with Crippen molar-refractivity contribution in [2.75, 3.05) is 14.2 Å². The molecule has 0 aliphatic heterocycles. The van der Waals surface area contributed by atoms with E-state index < -0.39 is 0 Å². The van der Waals surface area contributed by atoms with Gasteiger partial charge in [0, 0.05) is 29.8 Å². The number of nitrogens with one attached hydrogen (secondary N) is 2. The van der Waals surface area contributed by atoms with Gasteiger partial charge in [-0.2, -0.15) is 0 Å². The first kappa shape index (κ1) is 18.5. The van der Waals surface area contributed by atoms with Crippen molar-refractivity contribution in [1.82, 2.24) is 14.9 Å². The summed E-state index contributed by atoms with van der Waals surface area (Å²) in [6, 6.07) is 14.9. The van der Waals surface area contributed by atoms with Crippen LogP contribution >= 0.6 is 0 Å². The lowest BCUT2D eigenvalue weighted by molar-refractivity contribution is -0.378. The number of nitrogens with zero attached hydrogens (tertiary/aromatic N) is 2. The summed E-state index contributed by atoms with van der Waals surface area (Å²) in [5, 5.41) is 2.92. The molecule has 0 saturated heterocycles. The number of hydrogen-bond donors (Lipinski definition) is 1. The normalized spacial score (nSPS) is 10.7. The van der Waals surface area contributed by atoms with Crippen LogP contribution in [0, 0.1) is 0 Å². The van der Waals surface area contributed by atoms with Gasteiger partial charge in [-0.05, 0) is 36.4 Å². The molecule has 2 N–H and O–H groups in total. The van der Waals surface area contributed by atoms with Crippen molar-refractivity contribution in [3.63, 3.8) is 0 Å². The van der Waals surface area contributed by atoms with Crippen molar-refractivity contribution >= 4 is 16.9 Å². The second kappa shape index (κ2) is 8.02. The number of methoxy groups -OCH3 is 2. The molecule has 0 spiro atoms. The quantitative estimate of drug-likeness (QED) is 0.550. The molecule has 0 bridgehead atoms. The third-order valence-electron chi connectivity index (χ3n) is 4.68. The van der Waals surface area contributed by atoms with Crippen LogP contribution in [0.25, 0.3) is 16.7 Å². The van der Waals surface area contributed by atoms with Gasteiger partial charge in [0.15, 0.2) is 12.4 Å². The standard InChI is InChI=1S/C22H20N4O3/c1-28-17-6-8-21(29-2)20(11-17)26-14-25-18-10-16(5-7-19(18)26)22(27)24-13-15-4-3-9-23-12-15/h3-12,14H,13H2,1-2H3,(H,24,27)/p+1. The molecule has 7 heteroatoms. The lowest BCUT2D eigenvalue weighted by atomic mass is 10.1. The molecular formula is C22H21N4O3+. The number of hydrogen-bond acceptors (Lipinski definition) is 4. The molecule has 0 fully saturated rings. The average molecular weight is 389 g/mol. The first-order chi connectivity index (χ1) is 14.2. The van der Waals surface area contributed by atoms with Crippen LogP contribution in [0.15, 0.2) is 67.3 Å². The molecule has 0 aliphatic rings. The third-order valence-corrected chi connectivity index (χ3v) is 4.68. The predicted octanol–water partition coefficient (Wildman–Crippen LogP) is 2.79. The summed E-state index contributed by atoms with van der Waals surface area (Å²) < 4.78 is 12.7. The Morgan fingerprint density at radius 3 is 2.79 bits per heavy atom. The smallest absolute Gasteiger partial charge is 0.251 e. The first-order valence-electron chi connectivity index (χ1n) is 9.12. The maximum atomic E-state index is 12.5. The van der Waals surface area contributed by atoms with Gasteiger partial charge in [-0.3, -0.25) is 9.36 Å². The Bertz CT molecular complexity index is 1160. The number of pyridine rings is 1. The van der Waals surface area contributed by atoms with Crippen LogP contribution in [0.2, 0.25) is 0 Å². The van der Waals surface area contributed by atoms with E-state index in [1.165, 1.54) is 0 Å². The predicted molar refractivity (Wildman–Crippen MR) is 108 cm³/mol. The van der Waals surface area contributed by atoms with Crippen LogP contribution in [-0.2, 0) is 6.54 Å². The Labute approximate surface area is 167 Å². The summed E-state index contributed by atoms with van der Waals surface area (Å²) in [7, 11) is 3.24. The van der Waals surface area contributed by atoms with Crippen LogP contribution in [-0.4, -0.2) is 29.7 Å². The van der Waals surface area contributed by atoms with Gasteiger partial charge >= 0.3 is 0 Å². The van der Waals surface area contributed by atoms with E-state index >= 15 is 0 Å². The number of carbonyl (C=O) groups excluding carboxylic acids is 1. The summed E-state index contributed by atoms with van der Waals surface area (Å²) in [5.74, 6) is 1.27. The van der Waals surface area contributed by atoms with Crippen molar-refractivity contribution in [2.24, 2.45) is 0 Å². The molecule has 2 aromatic carbocycles. The molecule has 0 saturated carbocycles.